The molecule has 0 bridgehead atoms. The van der Waals surface area contributed by atoms with Gasteiger partial charge in [-0.3, -0.25) is 9.78 Å². The minimum absolute atomic E-state index is 0.423. The number of benzene rings is 2. The van der Waals surface area contributed by atoms with E-state index in [1.165, 1.54) is 0 Å². The van der Waals surface area contributed by atoms with Crippen LogP contribution < -0.4 is 0 Å². The quantitative estimate of drug-likeness (QED) is 0.431. The van der Waals surface area contributed by atoms with Crippen LogP contribution in [-0.4, -0.2) is 29.9 Å². The van der Waals surface area contributed by atoms with Crippen molar-refractivity contribution in [3.05, 3.63) is 82.9 Å². The molecule has 5 rings (SSSR count). The van der Waals surface area contributed by atoms with Crippen molar-refractivity contribution in [2.45, 2.75) is 6.54 Å². The Morgan fingerprint density at radius 2 is 1.79 bits per heavy atom. The first-order valence-corrected chi connectivity index (χ1v) is 9.67. The van der Waals surface area contributed by atoms with E-state index in [0.29, 0.717) is 27.8 Å². The number of hydrogen-bond acceptors (Lipinski definition) is 4. The minimum Gasteiger partial charge on any atom is -0.285 e. The van der Waals surface area contributed by atoms with Gasteiger partial charge in [0.1, 0.15) is 5.52 Å². The van der Waals surface area contributed by atoms with Gasteiger partial charge in [0.15, 0.2) is 0 Å². The number of nitrogens with zero attached hydrogens (tertiary/aromatic N) is 5. The molecule has 3 aromatic heterocycles. The largest absolute Gasteiger partial charge is 0.285 e. The van der Waals surface area contributed by atoms with Crippen LogP contribution in [0.15, 0.2) is 67.1 Å². The van der Waals surface area contributed by atoms with E-state index in [2.05, 4.69) is 15.3 Å². The van der Waals surface area contributed by atoms with E-state index in [-0.39, 0.29) is 0 Å². The highest BCUT2D eigenvalue weighted by molar-refractivity contribution is 6.35. The van der Waals surface area contributed by atoms with E-state index < -0.39 is 0 Å². The molecule has 29 heavy (non-hydrogen) atoms. The molecule has 6 nitrogen and oxygen atoms in total. The Morgan fingerprint density at radius 1 is 0.931 bits per heavy atom. The highest BCUT2D eigenvalue weighted by Gasteiger charge is 2.16. The third kappa shape index (κ3) is 3.37. The molecule has 0 radical (unpaired) electrons. The zero-order valence-electron chi connectivity index (χ0n) is 15.0. The Bertz CT molecular complexity index is 1310. The molecule has 0 aliphatic rings. The number of aromatic nitrogens is 6. The molecule has 0 amide bonds. The summed E-state index contributed by atoms with van der Waals surface area (Å²) in [6.45, 7) is 0.423. The topological polar surface area (TPSA) is 72.3 Å². The predicted octanol–water partition coefficient (Wildman–Crippen LogP) is 5.24. The predicted molar refractivity (Wildman–Crippen MR) is 114 cm³/mol. The summed E-state index contributed by atoms with van der Waals surface area (Å²) in [6, 6.07) is 15.1. The third-order valence-electron chi connectivity index (χ3n) is 4.59. The fourth-order valence-electron chi connectivity index (χ4n) is 3.21. The number of aromatic amines is 1. The molecule has 0 aliphatic heterocycles. The Labute approximate surface area is 176 Å². The Kier molecular flexibility index (Phi) is 4.50. The van der Waals surface area contributed by atoms with Gasteiger partial charge < -0.3 is 0 Å². The number of halogens is 2. The second-order valence-corrected chi connectivity index (χ2v) is 7.31. The van der Waals surface area contributed by atoms with Crippen LogP contribution in [0.2, 0.25) is 10.0 Å². The van der Waals surface area contributed by atoms with Crippen molar-refractivity contribution < 1.29 is 0 Å². The maximum Gasteiger partial charge on any atom is 0.108 e. The highest BCUT2D eigenvalue weighted by Crippen LogP contribution is 2.31. The molecule has 0 spiro atoms. The van der Waals surface area contributed by atoms with Crippen LogP contribution in [-0.2, 0) is 6.54 Å². The average Bonchev–Trinajstić information content (AvgIpc) is 3.41. The second-order valence-electron chi connectivity index (χ2n) is 6.49. The third-order valence-corrected chi connectivity index (χ3v) is 5.23. The number of hydrogen-bond donors (Lipinski definition) is 1. The molecule has 142 valence electrons. The van der Waals surface area contributed by atoms with E-state index >= 15 is 0 Å². The standard InChI is InChI=1S/C21H14Cl2N6/c22-15-5-2-1-4-14(15)20-19(27-21-16(23)6-3-7-18(21)26-20)12-29-9-8-17(28-29)13-10-24-25-11-13/h1-11H,12H2,(H,24,25). The van der Waals surface area contributed by atoms with Crippen LogP contribution in [0.25, 0.3) is 33.5 Å². The Morgan fingerprint density at radius 3 is 2.62 bits per heavy atom. The maximum absolute atomic E-state index is 6.46. The number of fused-ring (bicyclic) bond motifs is 1. The summed E-state index contributed by atoms with van der Waals surface area (Å²) in [5.41, 5.74) is 5.39. The fraction of sp³-hybridized carbons (Fsp3) is 0.0476. The smallest absolute Gasteiger partial charge is 0.108 e. The molecule has 0 unspecified atom stereocenters. The van der Waals surface area contributed by atoms with Gasteiger partial charge in [-0.15, -0.1) is 0 Å². The summed E-state index contributed by atoms with van der Waals surface area (Å²) < 4.78 is 1.81. The van der Waals surface area contributed by atoms with E-state index in [1.807, 2.05) is 59.4 Å². The summed E-state index contributed by atoms with van der Waals surface area (Å²) in [5.74, 6) is 0. The number of nitrogens with one attached hydrogen (secondary N) is 1. The molecule has 0 atom stereocenters. The monoisotopic (exact) mass is 420 g/mol. The summed E-state index contributed by atoms with van der Waals surface area (Å²) >= 11 is 12.8. The first-order valence-electron chi connectivity index (χ1n) is 8.92. The van der Waals surface area contributed by atoms with Crippen molar-refractivity contribution in [2.75, 3.05) is 0 Å². The van der Waals surface area contributed by atoms with Gasteiger partial charge in [-0.1, -0.05) is 47.5 Å². The molecule has 0 fully saturated rings. The normalized spacial score (nSPS) is 11.2. The molecule has 3 heterocycles. The van der Waals surface area contributed by atoms with Gasteiger partial charge in [0, 0.05) is 23.5 Å². The van der Waals surface area contributed by atoms with Gasteiger partial charge in [0.05, 0.1) is 45.4 Å². The van der Waals surface area contributed by atoms with Crippen LogP contribution in [0.5, 0.6) is 0 Å². The zero-order chi connectivity index (χ0) is 19.8. The van der Waals surface area contributed by atoms with E-state index in [4.69, 9.17) is 33.2 Å². The van der Waals surface area contributed by atoms with Crippen LogP contribution in [0.3, 0.4) is 0 Å². The zero-order valence-corrected chi connectivity index (χ0v) is 16.6. The van der Waals surface area contributed by atoms with E-state index in [1.54, 1.807) is 12.4 Å². The van der Waals surface area contributed by atoms with E-state index in [9.17, 15) is 0 Å². The lowest BCUT2D eigenvalue weighted by Crippen LogP contribution is -2.07. The van der Waals surface area contributed by atoms with E-state index in [0.717, 1.165) is 28.0 Å². The molecular formula is C21H14Cl2N6. The van der Waals surface area contributed by atoms with Crippen molar-refractivity contribution >= 4 is 34.2 Å². The first kappa shape index (κ1) is 17.8. The average molecular weight is 421 g/mol. The Balaban J connectivity index is 1.64. The number of para-hydroxylation sites is 1. The van der Waals surface area contributed by atoms with Crippen LogP contribution in [0, 0.1) is 0 Å². The fourth-order valence-corrected chi connectivity index (χ4v) is 3.64. The van der Waals surface area contributed by atoms with Crippen LogP contribution in [0.4, 0.5) is 0 Å². The second kappa shape index (κ2) is 7.31. The number of rotatable bonds is 4. The minimum atomic E-state index is 0.423. The molecule has 1 N–H and O–H groups in total. The van der Waals surface area contributed by atoms with Gasteiger partial charge in [0.25, 0.3) is 0 Å². The number of H-pyrrole nitrogens is 1. The van der Waals surface area contributed by atoms with Gasteiger partial charge in [-0.05, 0) is 24.3 Å². The van der Waals surface area contributed by atoms with Crippen molar-refractivity contribution in [3.8, 4) is 22.5 Å². The molecule has 8 heteroatoms. The summed E-state index contributed by atoms with van der Waals surface area (Å²) in [4.78, 5) is 9.66. The molecule has 0 saturated heterocycles. The SMILES string of the molecule is Clc1ccccc1-c1nc2cccc(Cl)c2nc1Cn1ccc(-c2cn[nH]c2)n1. The Hall–Kier alpha value is -3.22. The molecule has 5 aromatic rings. The van der Waals surface area contributed by atoms with Crippen molar-refractivity contribution in [3.63, 3.8) is 0 Å². The van der Waals surface area contributed by atoms with Gasteiger partial charge >= 0.3 is 0 Å². The van der Waals surface area contributed by atoms with Gasteiger partial charge in [-0.25, -0.2) is 9.97 Å². The summed E-state index contributed by atoms with van der Waals surface area (Å²) in [5, 5.41) is 12.6. The highest BCUT2D eigenvalue weighted by atomic mass is 35.5. The maximum atomic E-state index is 6.46. The lowest BCUT2D eigenvalue weighted by Gasteiger charge is -2.12. The summed E-state index contributed by atoms with van der Waals surface area (Å²) in [6.07, 6.45) is 5.44. The lowest BCUT2D eigenvalue weighted by atomic mass is 10.1. The molecular weight excluding hydrogens is 407 g/mol. The first-order chi connectivity index (χ1) is 14.2. The van der Waals surface area contributed by atoms with Crippen molar-refractivity contribution in [1.29, 1.82) is 0 Å². The van der Waals surface area contributed by atoms with Gasteiger partial charge in [0.2, 0.25) is 0 Å². The summed E-state index contributed by atoms with van der Waals surface area (Å²) in [7, 11) is 0. The van der Waals surface area contributed by atoms with Crippen molar-refractivity contribution in [2.24, 2.45) is 0 Å². The lowest BCUT2D eigenvalue weighted by molar-refractivity contribution is 0.676. The van der Waals surface area contributed by atoms with Crippen LogP contribution >= 0.6 is 23.2 Å². The van der Waals surface area contributed by atoms with Gasteiger partial charge in [-0.2, -0.15) is 10.2 Å². The van der Waals surface area contributed by atoms with Crippen molar-refractivity contribution in [1.82, 2.24) is 29.9 Å². The molecule has 2 aromatic carbocycles. The molecule has 0 saturated carbocycles. The van der Waals surface area contributed by atoms with Crippen LogP contribution in [0.1, 0.15) is 5.69 Å². The molecule has 0 aliphatic carbocycles.